The maximum absolute atomic E-state index is 6.56. The second-order valence-electron chi connectivity index (χ2n) is 6.70. The van der Waals surface area contributed by atoms with Crippen LogP contribution in [0.3, 0.4) is 0 Å². The van der Waals surface area contributed by atoms with Gasteiger partial charge in [-0.2, -0.15) is 0 Å². The molecule has 112 valence electrons. The Morgan fingerprint density at radius 3 is 1.84 bits per heavy atom. The molecule has 0 saturated heterocycles. The zero-order valence-corrected chi connectivity index (χ0v) is 12.9. The van der Waals surface area contributed by atoms with Crippen LogP contribution in [0.5, 0.6) is 0 Å². The normalized spacial score (nSPS) is 31.7. The van der Waals surface area contributed by atoms with Crippen LogP contribution in [0.15, 0.2) is 0 Å². The first-order valence-corrected chi connectivity index (χ1v) is 8.84. The van der Waals surface area contributed by atoms with Crippen molar-refractivity contribution in [1.29, 1.82) is 0 Å². The summed E-state index contributed by atoms with van der Waals surface area (Å²) < 4.78 is 0. The molecule has 2 heteroatoms. The average molecular weight is 266 g/mol. The van der Waals surface area contributed by atoms with Gasteiger partial charge < -0.3 is 5.73 Å². The Labute approximate surface area is 120 Å². The van der Waals surface area contributed by atoms with Crippen LogP contribution in [0.1, 0.15) is 84.0 Å². The third-order valence-electron chi connectivity index (χ3n) is 5.09. The molecule has 0 bridgehead atoms. The van der Waals surface area contributed by atoms with Gasteiger partial charge in [-0.1, -0.05) is 58.3 Å². The fourth-order valence-electron chi connectivity index (χ4n) is 3.78. The molecular weight excluding hydrogens is 232 g/mol. The molecule has 0 aromatic carbocycles. The molecule has 0 radical (unpaired) electrons. The average Bonchev–Trinajstić information content (AvgIpc) is 3.22. The van der Waals surface area contributed by atoms with Crippen molar-refractivity contribution in [2.75, 3.05) is 6.54 Å². The first-order chi connectivity index (χ1) is 9.33. The number of rotatable bonds is 3. The predicted molar refractivity (Wildman–Crippen MR) is 83.3 cm³/mol. The maximum atomic E-state index is 6.56. The van der Waals surface area contributed by atoms with Crippen molar-refractivity contribution >= 4 is 0 Å². The lowest BCUT2D eigenvalue weighted by Crippen LogP contribution is -2.48. The number of hydrogen-bond acceptors (Lipinski definition) is 2. The highest BCUT2D eigenvalue weighted by Crippen LogP contribution is 2.31. The van der Waals surface area contributed by atoms with E-state index in [1.807, 2.05) is 0 Å². The highest BCUT2D eigenvalue weighted by Gasteiger charge is 2.34. The largest absolute Gasteiger partial charge is 0.326 e. The Bertz CT molecular complexity index is 237. The molecule has 0 aromatic heterocycles. The van der Waals surface area contributed by atoms with E-state index in [2.05, 4.69) is 11.8 Å². The van der Waals surface area contributed by atoms with Crippen LogP contribution < -0.4 is 5.73 Å². The van der Waals surface area contributed by atoms with Gasteiger partial charge >= 0.3 is 0 Å². The fourth-order valence-corrected chi connectivity index (χ4v) is 3.78. The van der Waals surface area contributed by atoms with E-state index in [-0.39, 0.29) is 0 Å². The monoisotopic (exact) mass is 266 g/mol. The van der Waals surface area contributed by atoms with Crippen molar-refractivity contribution in [2.24, 2.45) is 5.73 Å². The molecule has 19 heavy (non-hydrogen) atoms. The van der Waals surface area contributed by atoms with Gasteiger partial charge in [-0.25, -0.2) is 0 Å². The summed E-state index contributed by atoms with van der Waals surface area (Å²) in [5.41, 5.74) is 6.56. The molecule has 2 nitrogen and oxygen atoms in total. The van der Waals surface area contributed by atoms with E-state index >= 15 is 0 Å². The van der Waals surface area contributed by atoms with Gasteiger partial charge in [0.05, 0.1) is 0 Å². The first-order valence-electron chi connectivity index (χ1n) is 8.84. The lowest BCUT2D eigenvalue weighted by molar-refractivity contribution is 0.151. The van der Waals surface area contributed by atoms with Crippen molar-refractivity contribution in [1.82, 2.24) is 4.90 Å². The van der Waals surface area contributed by atoms with Crippen LogP contribution in [0, 0.1) is 0 Å². The molecule has 0 aliphatic heterocycles. The lowest BCUT2D eigenvalue weighted by atomic mass is 9.93. The van der Waals surface area contributed by atoms with Crippen molar-refractivity contribution in [3.8, 4) is 0 Å². The summed E-state index contributed by atoms with van der Waals surface area (Å²) >= 11 is 0. The summed E-state index contributed by atoms with van der Waals surface area (Å²) in [6.07, 6.45) is 16.7. The van der Waals surface area contributed by atoms with Crippen LogP contribution in [-0.2, 0) is 0 Å². The minimum Gasteiger partial charge on any atom is -0.326 e. The van der Waals surface area contributed by atoms with E-state index in [4.69, 9.17) is 5.73 Å². The molecule has 0 amide bonds. The molecule has 0 spiro atoms. The van der Waals surface area contributed by atoms with E-state index in [1.165, 1.54) is 83.6 Å². The van der Waals surface area contributed by atoms with Crippen LogP contribution in [0.25, 0.3) is 0 Å². The van der Waals surface area contributed by atoms with Gasteiger partial charge in [0.15, 0.2) is 0 Å². The molecule has 2 unspecified atom stereocenters. The van der Waals surface area contributed by atoms with Crippen LogP contribution >= 0.6 is 0 Å². The fraction of sp³-hybridized carbons (Fsp3) is 1.00. The molecule has 2 aliphatic carbocycles. The van der Waals surface area contributed by atoms with E-state index in [0.717, 1.165) is 6.04 Å². The second-order valence-corrected chi connectivity index (χ2v) is 6.70. The number of nitrogens with zero attached hydrogens (tertiary/aromatic N) is 1. The van der Waals surface area contributed by atoms with Crippen molar-refractivity contribution in [3.63, 3.8) is 0 Å². The Kier molecular flexibility index (Phi) is 6.66. The molecule has 2 atom stereocenters. The predicted octanol–water partition coefficient (Wildman–Crippen LogP) is 4.08. The molecular formula is C17H34N2. The minimum absolute atomic E-state index is 0.417. The Balaban J connectivity index is 1.89. The summed E-state index contributed by atoms with van der Waals surface area (Å²) in [6, 6.07) is 1.95. The van der Waals surface area contributed by atoms with E-state index in [1.54, 1.807) is 0 Å². The van der Waals surface area contributed by atoms with Gasteiger partial charge in [-0.3, -0.25) is 4.90 Å². The lowest BCUT2D eigenvalue weighted by Gasteiger charge is -2.35. The molecule has 2 N–H and O–H groups in total. The Morgan fingerprint density at radius 2 is 1.32 bits per heavy atom. The van der Waals surface area contributed by atoms with Crippen LogP contribution in [0.4, 0.5) is 0 Å². The smallest absolute Gasteiger partial charge is 0.0250 e. The van der Waals surface area contributed by atoms with Crippen molar-refractivity contribution in [2.45, 2.75) is 102 Å². The molecule has 2 saturated carbocycles. The van der Waals surface area contributed by atoms with Gasteiger partial charge in [0.2, 0.25) is 0 Å². The van der Waals surface area contributed by atoms with Gasteiger partial charge in [-0.05, 0) is 32.2 Å². The maximum Gasteiger partial charge on any atom is 0.0250 e. The molecule has 2 fully saturated rings. The third-order valence-corrected chi connectivity index (χ3v) is 5.09. The van der Waals surface area contributed by atoms with Crippen molar-refractivity contribution in [3.05, 3.63) is 0 Å². The van der Waals surface area contributed by atoms with E-state index < -0.39 is 0 Å². The third kappa shape index (κ3) is 5.07. The first kappa shape index (κ1) is 15.3. The summed E-state index contributed by atoms with van der Waals surface area (Å²) in [6.45, 7) is 3.52. The van der Waals surface area contributed by atoms with E-state index in [9.17, 15) is 0 Å². The van der Waals surface area contributed by atoms with Gasteiger partial charge in [-0.15, -0.1) is 0 Å². The minimum atomic E-state index is 0.417. The van der Waals surface area contributed by atoms with E-state index in [0.29, 0.717) is 12.1 Å². The zero-order valence-electron chi connectivity index (χ0n) is 12.9. The summed E-state index contributed by atoms with van der Waals surface area (Å²) in [5.74, 6) is 0. The standard InChI is InChI=1S/C17H34N2/c1-2-19(15-13-14-15)17-12-10-8-6-4-3-5-7-9-11-16(17)18/h15-17H,2-14,18H2,1H3. The van der Waals surface area contributed by atoms with Gasteiger partial charge in [0, 0.05) is 18.1 Å². The number of likely N-dealkylation sites (N-methyl/N-ethyl adjacent to an activating group) is 1. The molecule has 2 aliphatic rings. The highest BCUT2D eigenvalue weighted by atomic mass is 15.2. The summed E-state index contributed by atoms with van der Waals surface area (Å²) in [5, 5.41) is 0. The molecule has 2 rings (SSSR count). The van der Waals surface area contributed by atoms with Crippen molar-refractivity contribution < 1.29 is 0 Å². The molecule has 0 heterocycles. The Morgan fingerprint density at radius 1 is 0.789 bits per heavy atom. The highest BCUT2D eigenvalue weighted by molar-refractivity contribution is 4.92. The quantitative estimate of drug-likeness (QED) is 0.834. The van der Waals surface area contributed by atoms with Crippen LogP contribution in [0.2, 0.25) is 0 Å². The summed E-state index contributed by atoms with van der Waals surface area (Å²) in [4.78, 5) is 2.73. The second kappa shape index (κ2) is 8.26. The van der Waals surface area contributed by atoms with Gasteiger partial charge in [0.25, 0.3) is 0 Å². The summed E-state index contributed by atoms with van der Waals surface area (Å²) in [7, 11) is 0. The Hall–Kier alpha value is -0.0800. The topological polar surface area (TPSA) is 29.3 Å². The van der Waals surface area contributed by atoms with Gasteiger partial charge in [0.1, 0.15) is 0 Å². The van der Waals surface area contributed by atoms with Crippen LogP contribution in [-0.4, -0.2) is 29.6 Å². The zero-order chi connectivity index (χ0) is 13.5. The SMILES string of the molecule is CCN(C1CC1)C1CCCCCCCCCCC1N. The number of nitrogens with two attached hydrogens (primary N) is 1. The molecule has 0 aromatic rings. The number of hydrogen-bond donors (Lipinski definition) is 1.